The first-order valence-electron chi connectivity index (χ1n) is 15.5. The Morgan fingerprint density at radius 1 is 0.750 bits per heavy atom. The van der Waals surface area contributed by atoms with Crippen LogP contribution in [-0.2, 0) is 23.1 Å². The van der Waals surface area contributed by atoms with E-state index in [0.29, 0.717) is 6.42 Å². The second-order valence-electron chi connectivity index (χ2n) is 10.2. The van der Waals surface area contributed by atoms with Crippen molar-refractivity contribution in [3.05, 3.63) is 36.5 Å². The Morgan fingerprint density at radius 2 is 1.25 bits per heavy atom. The normalized spacial score (nSPS) is 14.4. The molecular weight excluding hydrogens is 529 g/mol. The standard InChI is InChI=1S/C31H58NO7P/c1-2-3-4-5-6-7-8-9-10-11-12-13-14-15-16-17-18-19-20-21-22-23-24-25-31(34)37-28-30(33)29-39-40(35,36)38-27-26-32/h8-9,11-12,14-15,30,33H,2-7,10,13,16-29,32H2,1H3,(H,35,36)/b9-8-,12-11-,15-14-. The molecule has 0 bridgehead atoms. The Kier molecular flexibility index (Phi) is 28.3. The molecule has 0 aliphatic heterocycles. The van der Waals surface area contributed by atoms with Gasteiger partial charge in [0.25, 0.3) is 0 Å². The summed E-state index contributed by atoms with van der Waals surface area (Å²) < 4.78 is 25.6. The van der Waals surface area contributed by atoms with Crippen LogP contribution in [0.4, 0.5) is 0 Å². The van der Waals surface area contributed by atoms with Gasteiger partial charge in [0.05, 0.1) is 13.2 Å². The van der Waals surface area contributed by atoms with Crippen molar-refractivity contribution in [1.29, 1.82) is 0 Å². The Balaban J connectivity index is 3.46. The third-order valence-electron chi connectivity index (χ3n) is 6.26. The van der Waals surface area contributed by atoms with E-state index in [1.165, 1.54) is 70.6 Å². The summed E-state index contributed by atoms with van der Waals surface area (Å²) in [6, 6.07) is 0. The lowest BCUT2D eigenvalue weighted by molar-refractivity contribution is -0.147. The minimum Gasteiger partial charge on any atom is -0.463 e. The van der Waals surface area contributed by atoms with Crippen LogP contribution in [0, 0.1) is 0 Å². The lowest BCUT2D eigenvalue weighted by Crippen LogP contribution is -2.23. The van der Waals surface area contributed by atoms with Crippen LogP contribution in [0.25, 0.3) is 0 Å². The molecule has 0 radical (unpaired) electrons. The maximum atomic E-state index is 11.8. The number of aliphatic hydroxyl groups excluding tert-OH is 1. The second-order valence-corrected chi connectivity index (χ2v) is 11.6. The predicted octanol–water partition coefficient (Wildman–Crippen LogP) is 7.69. The monoisotopic (exact) mass is 587 g/mol. The molecule has 9 heteroatoms. The van der Waals surface area contributed by atoms with E-state index < -0.39 is 26.5 Å². The van der Waals surface area contributed by atoms with E-state index in [2.05, 4.69) is 52.4 Å². The molecule has 0 saturated carbocycles. The van der Waals surface area contributed by atoms with E-state index >= 15 is 0 Å². The Labute approximate surface area is 244 Å². The molecule has 0 aromatic rings. The van der Waals surface area contributed by atoms with Gasteiger partial charge in [-0.25, -0.2) is 4.57 Å². The van der Waals surface area contributed by atoms with Crippen molar-refractivity contribution in [3.8, 4) is 0 Å². The number of hydrogen-bond acceptors (Lipinski definition) is 7. The van der Waals surface area contributed by atoms with Crippen LogP contribution in [0.15, 0.2) is 36.5 Å². The van der Waals surface area contributed by atoms with Crippen LogP contribution in [0.3, 0.4) is 0 Å². The van der Waals surface area contributed by atoms with Gasteiger partial charge in [-0.1, -0.05) is 108 Å². The Morgan fingerprint density at radius 3 is 1.80 bits per heavy atom. The molecule has 0 saturated heterocycles. The van der Waals surface area contributed by atoms with Crippen molar-refractivity contribution in [2.75, 3.05) is 26.4 Å². The fourth-order valence-electron chi connectivity index (χ4n) is 3.93. The van der Waals surface area contributed by atoms with Gasteiger partial charge in [-0.3, -0.25) is 13.8 Å². The Hall–Kier alpha value is -1.28. The quantitative estimate of drug-likeness (QED) is 0.0352. The first-order chi connectivity index (χ1) is 19.4. The average Bonchev–Trinajstić information content (AvgIpc) is 2.94. The van der Waals surface area contributed by atoms with E-state index in [1.807, 2.05) is 0 Å². The molecule has 0 aliphatic rings. The molecule has 0 amide bonds. The van der Waals surface area contributed by atoms with Gasteiger partial charge in [0.15, 0.2) is 0 Å². The summed E-state index contributed by atoms with van der Waals surface area (Å²) in [5.74, 6) is -0.394. The molecule has 0 aromatic carbocycles. The Bertz CT molecular complexity index is 712. The van der Waals surface area contributed by atoms with Crippen molar-refractivity contribution in [1.82, 2.24) is 0 Å². The largest absolute Gasteiger partial charge is 0.472 e. The van der Waals surface area contributed by atoms with Crippen LogP contribution in [0.5, 0.6) is 0 Å². The molecular formula is C31H58NO7P. The van der Waals surface area contributed by atoms with E-state index in [0.717, 1.165) is 38.5 Å². The molecule has 2 unspecified atom stereocenters. The fourth-order valence-corrected chi connectivity index (χ4v) is 4.70. The molecule has 0 heterocycles. The molecule has 8 nitrogen and oxygen atoms in total. The number of phosphoric ester groups is 1. The zero-order valence-corrected chi connectivity index (χ0v) is 26.0. The van der Waals surface area contributed by atoms with Crippen molar-refractivity contribution in [3.63, 3.8) is 0 Å². The first kappa shape index (κ1) is 38.7. The number of ether oxygens (including phenoxy) is 1. The third kappa shape index (κ3) is 29.7. The van der Waals surface area contributed by atoms with Gasteiger partial charge in [-0.2, -0.15) is 0 Å². The summed E-state index contributed by atoms with van der Waals surface area (Å²) in [5.41, 5.74) is 5.18. The number of aliphatic hydroxyl groups is 1. The average molecular weight is 588 g/mol. The number of esters is 1. The maximum absolute atomic E-state index is 11.8. The number of nitrogens with two attached hydrogens (primary N) is 1. The third-order valence-corrected chi connectivity index (χ3v) is 7.24. The van der Waals surface area contributed by atoms with Crippen LogP contribution >= 0.6 is 7.82 Å². The molecule has 4 N–H and O–H groups in total. The summed E-state index contributed by atoms with van der Waals surface area (Å²) in [5, 5.41) is 9.72. The van der Waals surface area contributed by atoms with Crippen LogP contribution in [0.1, 0.15) is 122 Å². The highest BCUT2D eigenvalue weighted by atomic mass is 31.2. The summed E-state index contributed by atoms with van der Waals surface area (Å²) in [7, 11) is -4.25. The topological polar surface area (TPSA) is 128 Å². The summed E-state index contributed by atoms with van der Waals surface area (Å²) >= 11 is 0. The van der Waals surface area contributed by atoms with Gasteiger partial charge >= 0.3 is 13.8 Å². The van der Waals surface area contributed by atoms with Gasteiger partial charge in [-0.15, -0.1) is 0 Å². The minimum atomic E-state index is -4.25. The SMILES string of the molecule is CCCCCCC/C=C\C/C=C\C/C=C\CCCCCCCCCCC(=O)OCC(O)COP(=O)(O)OCCN. The van der Waals surface area contributed by atoms with E-state index in [4.69, 9.17) is 10.5 Å². The van der Waals surface area contributed by atoms with Gasteiger partial charge in [0.1, 0.15) is 12.7 Å². The van der Waals surface area contributed by atoms with E-state index in [9.17, 15) is 19.4 Å². The van der Waals surface area contributed by atoms with Crippen molar-refractivity contribution in [2.24, 2.45) is 5.73 Å². The second kappa shape index (κ2) is 29.2. The van der Waals surface area contributed by atoms with Gasteiger partial charge in [0.2, 0.25) is 0 Å². The van der Waals surface area contributed by atoms with Crippen LogP contribution in [-0.4, -0.2) is 48.4 Å². The smallest absolute Gasteiger partial charge is 0.463 e. The number of phosphoric acid groups is 1. The number of rotatable bonds is 29. The summed E-state index contributed by atoms with van der Waals surface area (Å²) in [4.78, 5) is 21.1. The van der Waals surface area contributed by atoms with Crippen molar-refractivity contribution >= 4 is 13.8 Å². The van der Waals surface area contributed by atoms with E-state index in [-0.39, 0.29) is 19.8 Å². The van der Waals surface area contributed by atoms with E-state index in [1.54, 1.807) is 0 Å². The molecule has 40 heavy (non-hydrogen) atoms. The maximum Gasteiger partial charge on any atom is 0.472 e. The molecule has 0 fully saturated rings. The predicted molar refractivity (Wildman–Crippen MR) is 164 cm³/mol. The number of hydrogen-bond donors (Lipinski definition) is 3. The highest BCUT2D eigenvalue weighted by molar-refractivity contribution is 7.47. The molecule has 0 aliphatic carbocycles. The number of carbonyl (C=O) groups excluding carboxylic acids is 1. The number of allylic oxidation sites excluding steroid dienone is 6. The van der Waals surface area contributed by atoms with Crippen LogP contribution < -0.4 is 5.73 Å². The fraction of sp³-hybridized carbons (Fsp3) is 0.774. The van der Waals surface area contributed by atoms with Gasteiger partial charge in [-0.05, 0) is 44.9 Å². The van der Waals surface area contributed by atoms with Gasteiger partial charge in [0, 0.05) is 13.0 Å². The molecule has 234 valence electrons. The van der Waals surface area contributed by atoms with Crippen molar-refractivity contribution < 1.29 is 33.1 Å². The number of unbranched alkanes of at least 4 members (excludes halogenated alkanes) is 13. The molecule has 0 spiro atoms. The zero-order valence-electron chi connectivity index (χ0n) is 25.1. The highest BCUT2D eigenvalue weighted by Gasteiger charge is 2.22. The molecule has 0 aromatic heterocycles. The van der Waals surface area contributed by atoms with Gasteiger partial charge < -0.3 is 20.5 Å². The highest BCUT2D eigenvalue weighted by Crippen LogP contribution is 2.42. The minimum absolute atomic E-state index is 0.0719. The molecule has 0 rings (SSSR count). The zero-order chi connectivity index (χ0) is 29.6. The van der Waals surface area contributed by atoms with Crippen molar-refractivity contribution in [2.45, 2.75) is 129 Å². The molecule has 2 atom stereocenters. The van der Waals surface area contributed by atoms with Crippen LogP contribution in [0.2, 0.25) is 0 Å². The summed E-state index contributed by atoms with van der Waals surface area (Å²) in [6.45, 7) is 1.43. The first-order valence-corrected chi connectivity index (χ1v) is 17.0. The lowest BCUT2D eigenvalue weighted by Gasteiger charge is -2.15. The lowest BCUT2D eigenvalue weighted by atomic mass is 10.1. The summed E-state index contributed by atoms with van der Waals surface area (Å²) in [6.07, 6.45) is 32.9. The number of carbonyl (C=O) groups is 1.